The third kappa shape index (κ3) is 11.4. The Kier molecular flexibility index (Phi) is 17.3. The van der Waals surface area contributed by atoms with Gasteiger partial charge in [0.15, 0.2) is 29.8 Å². The van der Waals surface area contributed by atoms with Crippen molar-refractivity contribution in [3.8, 4) is 11.5 Å². The monoisotopic (exact) mass is 837 g/mol. The number of aliphatic hydroxyl groups is 1. The van der Waals surface area contributed by atoms with Gasteiger partial charge in [-0.15, -0.1) is 0 Å². The number of likely N-dealkylation sites (N-methyl/N-ethyl adjacent to an activating group) is 1. The van der Waals surface area contributed by atoms with E-state index >= 15 is 0 Å². The van der Waals surface area contributed by atoms with Crippen LogP contribution in [0.4, 0.5) is 13.2 Å². The summed E-state index contributed by atoms with van der Waals surface area (Å²) in [5, 5.41) is 19.5. The average Bonchev–Trinajstić information content (AvgIpc) is 3.54. The molecule has 0 unspecified atom stereocenters. The van der Waals surface area contributed by atoms with Gasteiger partial charge < -0.3 is 38.8 Å². The number of carbonyl (C=O) groups is 4. The summed E-state index contributed by atoms with van der Waals surface area (Å²) < 4.78 is 60.5. The molecular formula is C44H62F3NO11. The number of likely N-dealkylation sites (tertiary alicyclic amines) is 1. The number of hydrogen-bond donors (Lipinski definition) is 2. The second-order valence-electron chi connectivity index (χ2n) is 16.1. The summed E-state index contributed by atoms with van der Waals surface area (Å²) in [5.74, 6) is -3.40. The Balaban J connectivity index is 0.00000101. The summed E-state index contributed by atoms with van der Waals surface area (Å²) in [4.78, 5) is 49.6. The number of carboxylic acids is 1. The van der Waals surface area contributed by atoms with Gasteiger partial charge in [0.05, 0.1) is 18.1 Å². The largest absolute Gasteiger partial charge is 0.493 e. The molecule has 1 aromatic carbocycles. The first-order chi connectivity index (χ1) is 28.0. The highest BCUT2D eigenvalue weighted by Gasteiger charge is 2.72. The number of allylic oxidation sites excluding steroid dienone is 2. The molecule has 0 amide bonds. The van der Waals surface area contributed by atoms with Crippen molar-refractivity contribution in [1.29, 1.82) is 0 Å². The van der Waals surface area contributed by atoms with Crippen LogP contribution in [0.3, 0.4) is 0 Å². The fourth-order valence-corrected chi connectivity index (χ4v) is 8.75. The van der Waals surface area contributed by atoms with Gasteiger partial charge in [0.1, 0.15) is 5.76 Å². The molecule has 59 heavy (non-hydrogen) atoms. The van der Waals surface area contributed by atoms with Gasteiger partial charge in [-0.1, -0.05) is 76.5 Å². The van der Waals surface area contributed by atoms with Gasteiger partial charge in [-0.2, -0.15) is 13.2 Å². The first-order valence-corrected chi connectivity index (χ1v) is 21.1. The van der Waals surface area contributed by atoms with E-state index in [1.54, 1.807) is 13.2 Å². The van der Waals surface area contributed by atoms with Crippen molar-refractivity contribution in [2.45, 2.75) is 171 Å². The third-order valence-corrected chi connectivity index (χ3v) is 11.9. The molecule has 2 bridgehead atoms. The topological polar surface area (TPSA) is 158 Å². The van der Waals surface area contributed by atoms with E-state index in [0.29, 0.717) is 30.8 Å². The predicted molar refractivity (Wildman–Crippen MR) is 212 cm³/mol. The van der Waals surface area contributed by atoms with Crippen LogP contribution in [0.1, 0.15) is 135 Å². The number of methoxy groups -OCH3 is 1. The molecule has 2 aliphatic carbocycles. The number of carbonyl (C=O) groups excluding carboxylic acids is 3. The quantitative estimate of drug-likeness (QED) is 0.0532. The van der Waals surface area contributed by atoms with E-state index in [9.17, 15) is 32.7 Å². The maximum Gasteiger partial charge on any atom is 0.490 e. The van der Waals surface area contributed by atoms with Crippen LogP contribution in [-0.2, 0) is 45.2 Å². The fourth-order valence-electron chi connectivity index (χ4n) is 8.75. The van der Waals surface area contributed by atoms with Crippen LogP contribution in [0.2, 0.25) is 0 Å². The predicted octanol–water partition coefficient (Wildman–Crippen LogP) is 8.05. The molecule has 330 valence electrons. The van der Waals surface area contributed by atoms with Crippen LogP contribution in [-0.4, -0.2) is 95.8 Å². The number of ether oxygens (including phenoxy) is 5. The SMILES string of the molecule is CCCCCCCC/C=C\CCCCCCCC(=O)O[C@@H](C)C(=O)O[C@@H](C)C(=O)OC1=CC[C@@]2(O)[C@H]3Cc4ccc(OC)c5c4[C@@]2(CCN3C)[C@H]1O5.O=C(O)C(F)(F)F. The molecule has 0 radical (unpaired) electrons. The number of hydrogen-bond acceptors (Lipinski definition) is 11. The molecule has 4 aliphatic rings. The molecule has 1 saturated heterocycles. The second-order valence-corrected chi connectivity index (χ2v) is 16.1. The van der Waals surface area contributed by atoms with Crippen molar-refractivity contribution in [3.63, 3.8) is 0 Å². The van der Waals surface area contributed by atoms with Crippen LogP contribution in [0.25, 0.3) is 0 Å². The van der Waals surface area contributed by atoms with Crippen molar-refractivity contribution in [3.05, 3.63) is 47.2 Å². The van der Waals surface area contributed by atoms with Crippen molar-refractivity contribution in [2.75, 3.05) is 20.7 Å². The molecule has 1 spiro atoms. The molecule has 6 atom stereocenters. The van der Waals surface area contributed by atoms with E-state index in [0.717, 1.165) is 49.8 Å². The summed E-state index contributed by atoms with van der Waals surface area (Å²) in [6, 6.07) is 3.79. The Bertz CT molecular complexity index is 1680. The summed E-state index contributed by atoms with van der Waals surface area (Å²) in [7, 11) is 3.61. The van der Waals surface area contributed by atoms with Crippen LogP contribution in [0.5, 0.6) is 11.5 Å². The van der Waals surface area contributed by atoms with Gasteiger partial charge in [0.2, 0.25) is 0 Å². The summed E-state index contributed by atoms with van der Waals surface area (Å²) in [6.07, 6.45) is 15.0. The van der Waals surface area contributed by atoms with E-state index in [-0.39, 0.29) is 24.6 Å². The first-order valence-electron chi connectivity index (χ1n) is 21.1. The Morgan fingerprint density at radius 2 is 1.53 bits per heavy atom. The van der Waals surface area contributed by atoms with Gasteiger partial charge in [0.25, 0.3) is 0 Å². The molecule has 2 N–H and O–H groups in total. The molecule has 0 saturated carbocycles. The number of halogens is 3. The highest BCUT2D eigenvalue weighted by atomic mass is 19.4. The van der Waals surface area contributed by atoms with Gasteiger partial charge in [-0.25, -0.2) is 14.4 Å². The number of alkyl halides is 3. The molecule has 1 fully saturated rings. The fraction of sp³-hybridized carbons (Fsp3) is 0.682. The highest BCUT2D eigenvalue weighted by Crippen LogP contribution is 2.65. The van der Waals surface area contributed by atoms with Crippen molar-refractivity contribution in [2.24, 2.45) is 0 Å². The number of piperidine rings is 1. The highest BCUT2D eigenvalue weighted by molar-refractivity contribution is 5.83. The standard InChI is InChI=1S/C42H61NO9.C2HF3O2/c1-6-7-8-9-10-11-12-13-14-15-16-17-18-19-20-21-35(44)49-29(2)39(45)50-30(3)40(46)51-33-24-25-42(47)34-28-31-22-23-32(48-5)37-36(31)41(42,38(33)52-37)26-27-43(34)4;3-2(4,5)1(6)7/h13-14,22-24,29-30,34,38,47H,6-12,15-21,25-28H2,1-5H3;(H,6,7)/b14-13-;/t29-,30-,34+,38-,41-,42+;/m0./s1. The molecule has 12 nitrogen and oxygen atoms in total. The Hall–Kier alpha value is -4.11. The lowest BCUT2D eigenvalue weighted by Gasteiger charge is -2.61. The number of rotatable bonds is 21. The molecule has 5 rings (SSSR count). The van der Waals surface area contributed by atoms with E-state index in [1.165, 1.54) is 58.8 Å². The summed E-state index contributed by atoms with van der Waals surface area (Å²) in [6.45, 7) is 5.86. The zero-order valence-corrected chi connectivity index (χ0v) is 35.1. The number of carboxylic acid groups (broad SMARTS) is 1. The average molecular weight is 838 g/mol. The Morgan fingerprint density at radius 1 is 0.932 bits per heavy atom. The number of benzene rings is 1. The van der Waals surface area contributed by atoms with E-state index < -0.39 is 59.4 Å². The minimum absolute atomic E-state index is 0.131. The molecule has 1 aromatic rings. The lowest BCUT2D eigenvalue weighted by Crippen LogP contribution is -2.74. The normalized spacial score (nSPS) is 23.8. The van der Waals surface area contributed by atoms with Gasteiger partial charge in [0, 0.05) is 24.4 Å². The number of nitrogens with zero attached hydrogens (tertiary/aromatic N) is 1. The molecule has 15 heteroatoms. The van der Waals surface area contributed by atoms with Crippen LogP contribution >= 0.6 is 0 Å². The maximum atomic E-state index is 13.3. The van der Waals surface area contributed by atoms with Crippen molar-refractivity contribution < 1.29 is 66.2 Å². The minimum Gasteiger partial charge on any atom is -0.493 e. The van der Waals surface area contributed by atoms with Gasteiger partial charge >= 0.3 is 30.1 Å². The number of unbranched alkanes of at least 4 members (excludes halogenated alkanes) is 11. The molecular weight excluding hydrogens is 775 g/mol. The summed E-state index contributed by atoms with van der Waals surface area (Å²) >= 11 is 0. The second kappa shape index (κ2) is 21.4. The Morgan fingerprint density at radius 3 is 2.14 bits per heavy atom. The van der Waals surface area contributed by atoms with Crippen LogP contribution in [0.15, 0.2) is 36.1 Å². The molecule has 2 heterocycles. The van der Waals surface area contributed by atoms with Crippen LogP contribution < -0.4 is 9.47 Å². The molecule has 0 aromatic heterocycles. The summed E-state index contributed by atoms with van der Waals surface area (Å²) in [5.41, 5.74) is 0.0723. The van der Waals surface area contributed by atoms with Crippen LogP contribution in [0, 0.1) is 0 Å². The number of esters is 3. The van der Waals surface area contributed by atoms with E-state index in [2.05, 4.69) is 24.0 Å². The molecule has 2 aliphatic heterocycles. The zero-order valence-electron chi connectivity index (χ0n) is 35.1. The maximum absolute atomic E-state index is 13.3. The number of aliphatic carboxylic acids is 1. The first kappa shape index (κ1) is 47.6. The lowest BCUT2D eigenvalue weighted by molar-refractivity contribution is -0.192. The smallest absolute Gasteiger partial charge is 0.490 e. The van der Waals surface area contributed by atoms with Crippen molar-refractivity contribution in [1.82, 2.24) is 4.90 Å². The third-order valence-electron chi connectivity index (χ3n) is 11.9. The van der Waals surface area contributed by atoms with Crippen molar-refractivity contribution >= 4 is 23.9 Å². The lowest BCUT2D eigenvalue weighted by atomic mass is 9.50. The van der Waals surface area contributed by atoms with Gasteiger partial charge in [-0.05, 0) is 90.1 Å². The van der Waals surface area contributed by atoms with E-state index in [1.807, 2.05) is 19.2 Å². The minimum atomic E-state index is -5.08. The zero-order chi connectivity index (χ0) is 43.4. The van der Waals surface area contributed by atoms with Gasteiger partial charge in [-0.3, -0.25) is 4.79 Å². The van der Waals surface area contributed by atoms with E-state index in [4.69, 9.17) is 33.6 Å². The Labute approximate surface area is 345 Å².